The SMILES string of the molecule is CS(=O)(=O)Nc1cccc2c1ccn2CC(=O)N1CCCC2=C[C@H]3C[C@@H](CN4CCCC[C@H]34)[C@@H]21. The Morgan fingerprint density at radius 2 is 2.03 bits per heavy atom. The highest BCUT2D eigenvalue weighted by atomic mass is 32.2. The fourth-order valence-corrected chi connectivity index (χ4v) is 7.72. The van der Waals surface area contributed by atoms with E-state index in [2.05, 4.69) is 20.6 Å². The molecule has 8 heteroatoms. The zero-order valence-corrected chi connectivity index (χ0v) is 20.6. The molecule has 3 saturated heterocycles. The Hall–Kier alpha value is -2.32. The fraction of sp³-hybridized carbons (Fsp3) is 0.577. The van der Waals surface area contributed by atoms with Crippen molar-refractivity contribution in [3.8, 4) is 0 Å². The molecule has 3 aliphatic heterocycles. The molecular formula is C26H34N4O3S. The van der Waals surface area contributed by atoms with Gasteiger partial charge in [0.15, 0.2) is 0 Å². The van der Waals surface area contributed by atoms with Gasteiger partial charge in [-0.2, -0.15) is 0 Å². The summed E-state index contributed by atoms with van der Waals surface area (Å²) >= 11 is 0. The number of fused-ring (bicyclic) bond motifs is 7. The van der Waals surface area contributed by atoms with Crippen LogP contribution in [0.2, 0.25) is 0 Å². The molecule has 1 aromatic heterocycles. The molecule has 4 atom stereocenters. The number of piperidine rings is 3. The van der Waals surface area contributed by atoms with Crippen molar-refractivity contribution in [2.24, 2.45) is 11.8 Å². The summed E-state index contributed by atoms with van der Waals surface area (Å²) < 4.78 is 28.1. The third kappa shape index (κ3) is 3.94. The predicted octanol–water partition coefficient (Wildman–Crippen LogP) is 3.43. The van der Waals surface area contributed by atoms with Gasteiger partial charge in [0.2, 0.25) is 15.9 Å². The lowest BCUT2D eigenvalue weighted by molar-refractivity contribution is -0.136. The van der Waals surface area contributed by atoms with Gasteiger partial charge in [-0.15, -0.1) is 0 Å². The van der Waals surface area contributed by atoms with Crippen LogP contribution in [0, 0.1) is 11.8 Å². The summed E-state index contributed by atoms with van der Waals surface area (Å²) in [6.07, 6.45) is 13.0. The standard InChI is InChI=1S/C26H34N4O3S/c1-34(32,33)27-22-7-4-9-24-21(22)10-13-29(24)17-25(31)30-12-5-6-18-14-19-15-20(26(18)30)16-28-11-3-2-8-23(19)28/h4,7,9-10,13-14,19-20,23,26-27H,2-3,5-6,8,11-12,15-17H2,1H3/t19-,20-,23+,26+/m0/s1. The molecule has 4 aliphatic rings. The average molecular weight is 483 g/mol. The van der Waals surface area contributed by atoms with E-state index < -0.39 is 10.0 Å². The Bertz CT molecular complexity index is 1250. The van der Waals surface area contributed by atoms with Gasteiger partial charge in [0, 0.05) is 30.7 Å². The number of rotatable bonds is 4. The van der Waals surface area contributed by atoms with E-state index in [1.807, 2.05) is 29.0 Å². The van der Waals surface area contributed by atoms with Crippen molar-refractivity contribution in [1.29, 1.82) is 0 Å². The smallest absolute Gasteiger partial charge is 0.243 e. The van der Waals surface area contributed by atoms with Crippen LogP contribution in [0.5, 0.6) is 0 Å². The maximum absolute atomic E-state index is 13.7. The maximum Gasteiger partial charge on any atom is 0.243 e. The molecule has 0 unspecified atom stereocenters. The van der Waals surface area contributed by atoms with Gasteiger partial charge in [-0.3, -0.25) is 14.4 Å². The number of anilines is 1. The Morgan fingerprint density at radius 1 is 1.15 bits per heavy atom. The first-order chi connectivity index (χ1) is 16.4. The van der Waals surface area contributed by atoms with E-state index >= 15 is 0 Å². The fourth-order valence-electron chi connectivity index (χ4n) is 7.14. The lowest BCUT2D eigenvalue weighted by atomic mass is 9.68. The minimum absolute atomic E-state index is 0.161. The molecule has 34 heavy (non-hydrogen) atoms. The molecule has 2 bridgehead atoms. The van der Waals surface area contributed by atoms with E-state index in [-0.39, 0.29) is 18.5 Å². The molecule has 0 radical (unpaired) electrons. The monoisotopic (exact) mass is 482 g/mol. The van der Waals surface area contributed by atoms with E-state index in [0.717, 1.165) is 43.1 Å². The minimum Gasteiger partial charge on any atom is -0.338 e. The summed E-state index contributed by atoms with van der Waals surface area (Å²) in [5.41, 5.74) is 2.92. The number of carbonyl (C=O) groups excluding carboxylic acids is 1. The second kappa shape index (κ2) is 8.41. The van der Waals surface area contributed by atoms with Gasteiger partial charge in [0.1, 0.15) is 6.54 Å². The van der Waals surface area contributed by atoms with Crippen molar-refractivity contribution in [2.75, 3.05) is 30.6 Å². The summed E-state index contributed by atoms with van der Waals surface area (Å²) in [7, 11) is -3.37. The van der Waals surface area contributed by atoms with Gasteiger partial charge in [-0.05, 0) is 68.7 Å². The highest BCUT2D eigenvalue weighted by molar-refractivity contribution is 7.92. The summed E-state index contributed by atoms with van der Waals surface area (Å²) in [4.78, 5) is 18.5. The Labute approximate surface area is 201 Å². The molecule has 1 aromatic carbocycles. The number of nitrogens with one attached hydrogen (secondary N) is 1. The van der Waals surface area contributed by atoms with Crippen LogP contribution in [0.3, 0.4) is 0 Å². The number of carbonyl (C=O) groups is 1. The van der Waals surface area contributed by atoms with Crippen molar-refractivity contribution in [3.05, 3.63) is 42.1 Å². The second-order valence-electron chi connectivity index (χ2n) is 10.7. The molecule has 0 saturated carbocycles. The van der Waals surface area contributed by atoms with Crippen molar-refractivity contribution in [2.45, 2.75) is 57.2 Å². The van der Waals surface area contributed by atoms with Gasteiger partial charge in [-0.1, -0.05) is 24.1 Å². The molecule has 4 heterocycles. The zero-order valence-electron chi connectivity index (χ0n) is 19.8. The summed E-state index contributed by atoms with van der Waals surface area (Å²) in [6, 6.07) is 8.37. The lowest BCUT2D eigenvalue weighted by Gasteiger charge is -2.54. The van der Waals surface area contributed by atoms with E-state index in [9.17, 15) is 13.2 Å². The van der Waals surface area contributed by atoms with Crippen LogP contribution < -0.4 is 4.72 Å². The molecule has 3 fully saturated rings. The van der Waals surface area contributed by atoms with Gasteiger partial charge < -0.3 is 9.47 Å². The Balaban J connectivity index is 1.25. The average Bonchev–Trinajstić information content (AvgIpc) is 3.21. The number of hydrogen-bond acceptors (Lipinski definition) is 4. The lowest BCUT2D eigenvalue weighted by Crippen LogP contribution is -2.60. The largest absolute Gasteiger partial charge is 0.338 e. The van der Waals surface area contributed by atoms with Crippen molar-refractivity contribution in [3.63, 3.8) is 0 Å². The Kier molecular flexibility index (Phi) is 5.48. The first kappa shape index (κ1) is 22.2. The first-order valence-electron chi connectivity index (χ1n) is 12.7. The van der Waals surface area contributed by atoms with Gasteiger partial charge in [-0.25, -0.2) is 8.42 Å². The van der Waals surface area contributed by atoms with E-state index in [1.54, 1.807) is 6.07 Å². The number of benzene rings is 1. The highest BCUT2D eigenvalue weighted by Gasteiger charge is 2.46. The summed E-state index contributed by atoms with van der Waals surface area (Å²) in [5, 5.41) is 0.809. The molecule has 1 aliphatic carbocycles. The molecule has 1 amide bonds. The van der Waals surface area contributed by atoms with E-state index in [0.29, 0.717) is 23.6 Å². The van der Waals surface area contributed by atoms with E-state index in [1.165, 1.54) is 37.8 Å². The maximum atomic E-state index is 13.7. The predicted molar refractivity (Wildman–Crippen MR) is 134 cm³/mol. The molecule has 7 nitrogen and oxygen atoms in total. The van der Waals surface area contributed by atoms with Crippen molar-refractivity contribution >= 4 is 32.5 Å². The Morgan fingerprint density at radius 3 is 2.88 bits per heavy atom. The van der Waals surface area contributed by atoms with E-state index in [4.69, 9.17) is 0 Å². The number of aromatic nitrogens is 1. The van der Waals surface area contributed by atoms with Gasteiger partial charge >= 0.3 is 0 Å². The molecule has 2 aromatic rings. The zero-order chi connectivity index (χ0) is 23.4. The van der Waals surface area contributed by atoms with Crippen LogP contribution in [-0.4, -0.2) is 66.7 Å². The summed E-state index contributed by atoms with van der Waals surface area (Å²) in [6.45, 7) is 3.43. The number of likely N-dealkylation sites (tertiary alicyclic amines) is 1. The third-order valence-electron chi connectivity index (χ3n) is 8.39. The van der Waals surface area contributed by atoms with Crippen LogP contribution in [0.4, 0.5) is 5.69 Å². The van der Waals surface area contributed by atoms with Crippen LogP contribution >= 0.6 is 0 Å². The van der Waals surface area contributed by atoms with Crippen LogP contribution in [-0.2, 0) is 21.4 Å². The van der Waals surface area contributed by atoms with Crippen LogP contribution in [0.15, 0.2) is 42.1 Å². The molecule has 0 spiro atoms. The van der Waals surface area contributed by atoms with Gasteiger partial charge in [0.25, 0.3) is 0 Å². The first-order valence-corrected chi connectivity index (χ1v) is 14.6. The molecular weight excluding hydrogens is 448 g/mol. The molecule has 6 rings (SSSR count). The second-order valence-corrected chi connectivity index (χ2v) is 12.4. The van der Waals surface area contributed by atoms with Crippen molar-refractivity contribution < 1.29 is 13.2 Å². The summed E-state index contributed by atoms with van der Waals surface area (Å²) in [5.74, 6) is 1.36. The highest BCUT2D eigenvalue weighted by Crippen LogP contribution is 2.45. The van der Waals surface area contributed by atoms with Crippen molar-refractivity contribution in [1.82, 2.24) is 14.4 Å². The molecule has 182 valence electrons. The van der Waals surface area contributed by atoms with Gasteiger partial charge in [0.05, 0.1) is 23.5 Å². The number of amides is 1. The quantitative estimate of drug-likeness (QED) is 0.678. The minimum atomic E-state index is -3.37. The number of sulfonamides is 1. The topological polar surface area (TPSA) is 74.6 Å². The van der Waals surface area contributed by atoms with Crippen LogP contribution in [0.25, 0.3) is 10.9 Å². The molecule has 1 N–H and O–H groups in total. The number of hydrogen-bond donors (Lipinski definition) is 1. The normalized spacial score (nSPS) is 29.3. The van der Waals surface area contributed by atoms with Crippen LogP contribution in [0.1, 0.15) is 38.5 Å². The number of nitrogens with zero attached hydrogens (tertiary/aromatic N) is 3. The third-order valence-corrected chi connectivity index (χ3v) is 8.98.